The Labute approximate surface area is 102 Å². The van der Waals surface area contributed by atoms with Crippen LogP contribution in [-0.2, 0) is 6.42 Å². The van der Waals surface area contributed by atoms with Crippen LogP contribution in [0.25, 0.3) is 0 Å². The number of ketones is 1. The summed E-state index contributed by atoms with van der Waals surface area (Å²) in [5, 5.41) is 3.22. The van der Waals surface area contributed by atoms with Crippen molar-refractivity contribution in [2.45, 2.75) is 13.3 Å². The van der Waals surface area contributed by atoms with Crippen LogP contribution in [-0.4, -0.2) is 15.8 Å². The third kappa shape index (κ3) is 2.46. The molecule has 16 heavy (non-hydrogen) atoms. The zero-order chi connectivity index (χ0) is 11.5. The molecule has 0 amide bonds. The molecular formula is C11H9ClN2OS. The number of rotatable bonds is 3. The van der Waals surface area contributed by atoms with Gasteiger partial charge in [-0.05, 0) is 19.1 Å². The van der Waals surface area contributed by atoms with Gasteiger partial charge in [-0.1, -0.05) is 11.6 Å². The normalized spacial score (nSPS) is 10.4. The van der Waals surface area contributed by atoms with Crippen molar-refractivity contribution in [2.24, 2.45) is 0 Å². The molecule has 2 aromatic rings. The van der Waals surface area contributed by atoms with Crippen molar-refractivity contribution < 1.29 is 4.79 Å². The lowest BCUT2D eigenvalue weighted by Gasteiger charge is -1.99. The second-order valence-corrected chi connectivity index (χ2v) is 4.76. The Morgan fingerprint density at radius 3 is 3.00 bits per heavy atom. The van der Waals surface area contributed by atoms with Gasteiger partial charge >= 0.3 is 0 Å². The summed E-state index contributed by atoms with van der Waals surface area (Å²) < 4.78 is 0. The van der Waals surface area contributed by atoms with Gasteiger partial charge in [0.15, 0.2) is 5.78 Å². The number of halogens is 1. The number of nitrogens with zero attached hydrogens (tertiary/aromatic N) is 2. The van der Waals surface area contributed by atoms with Crippen LogP contribution in [0.1, 0.15) is 21.2 Å². The predicted molar refractivity (Wildman–Crippen MR) is 64.1 cm³/mol. The van der Waals surface area contributed by atoms with Gasteiger partial charge in [-0.15, -0.1) is 11.3 Å². The molecule has 2 rings (SSSR count). The predicted octanol–water partition coefficient (Wildman–Crippen LogP) is 2.93. The maximum atomic E-state index is 11.9. The molecule has 0 radical (unpaired) electrons. The zero-order valence-electron chi connectivity index (χ0n) is 8.61. The first kappa shape index (κ1) is 11.2. The lowest BCUT2D eigenvalue weighted by Crippen LogP contribution is -2.06. The number of carbonyl (C=O) groups excluding carboxylic acids is 1. The lowest BCUT2D eigenvalue weighted by atomic mass is 10.1. The van der Waals surface area contributed by atoms with E-state index in [1.807, 2.05) is 12.3 Å². The van der Waals surface area contributed by atoms with Gasteiger partial charge in [0.05, 0.1) is 22.1 Å². The van der Waals surface area contributed by atoms with E-state index in [-0.39, 0.29) is 12.2 Å². The van der Waals surface area contributed by atoms with Crippen molar-refractivity contribution >= 4 is 28.7 Å². The molecule has 0 aliphatic rings. The molecule has 5 heteroatoms. The second-order valence-electron chi connectivity index (χ2n) is 3.29. The van der Waals surface area contributed by atoms with E-state index in [4.69, 9.17) is 11.6 Å². The summed E-state index contributed by atoms with van der Waals surface area (Å²) in [6.45, 7) is 1.91. The minimum absolute atomic E-state index is 0.101. The first-order chi connectivity index (χ1) is 7.66. The molecule has 0 fully saturated rings. The molecule has 0 saturated heterocycles. The van der Waals surface area contributed by atoms with Gasteiger partial charge in [-0.25, -0.2) is 4.98 Å². The lowest BCUT2D eigenvalue weighted by molar-refractivity contribution is 0.0987. The van der Waals surface area contributed by atoms with Crippen LogP contribution in [0.2, 0.25) is 5.02 Å². The van der Waals surface area contributed by atoms with Crippen molar-refractivity contribution in [1.29, 1.82) is 0 Å². The molecule has 0 aliphatic carbocycles. The highest BCUT2D eigenvalue weighted by Crippen LogP contribution is 2.16. The maximum absolute atomic E-state index is 11.9. The number of carbonyl (C=O) groups is 1. The molecule has 2 heterocycles. The topological polar surface area (TPSA) is 42.9 Å². The molecule has 0 aromatic carbocycles. The second kappa shape index (κ2) is 4.72. The molecule has 3 nitrogen and oxygen atoms in total. The molecular weight excluding hydrogens is 244 g/mol. The number of aromatic nitrogens is 2. The monoisotopic (exact) mass is 252 g/mol. The molecule has 0 bridgehead atoms. The summed E-state index contributed by atoms with van der Waals surface area (Å²) in [5.74, 6) is -0.101. The van der Waals surface area contributed by atoms with E-state index in [9.17, 15) is 4.79 Å². The summed E-state index contributed by atoms with van der Waals surface area (Å²) in [5.41, 5.74) is 1.09. The Kier molecular flexibility index (Phi) is 3.31. The van der Waals surface area contributed by atoms with Crippen molar-refractivity contribution in [3.05, 3.63) is 45.1 Å². The quantitative estimate of drug-likeness (QED) is 0.789. The number of hydrogen-bond donors (Lipinski definition) is 0. The summed E-state index contributed by atoms with van der Waals surface area (Å²) in [6, 6.07) is 3.36. The minimum atomic E-state index is -0.101. The summed E-state index contributed by atoms with van der Waals surface area (Å²) in [4.78, 5) is 20.1. The largest absolute Gasteiger partial charge is 0.292 e. The highest BCUT2D eigenvalue weighted by atomic mass is 35.5. The van der Waals surface area contributed by atoms with Crippen LogP contribution in [0, 0.1) is 6.92 Å². The van der Waals surface area contributed by atoms with E-state index in [0.29, 0.717) is 10.7 Å². The number of thiazole rings is 1. The van der Waals surface area contributed by atoms with Gasteiger partial charge in [0.1, 0.15) is 5.69 Å². The average Bonchev–Trinajstić information content (AvgIpc) is 2.64. The maximum Gasteiger partial charge on any atom is 0.188 e. The molecule has 0 spiro atoms. The Morgan fingerprint density at radius 2 is 2.38 bits per heavy atom. The zero-order valence-corrected chi connectivity index (χ0v) is 10.2. The van der Waals surface area contributed by atoms with Crippen molar-refractivity contribution in [1.82, 2.24) is 9.97 Å². The molecule has 2 aromatic heterocycles. The van der Waals surface area contributed by atoms with Crippen LogP contribution in [0.3, 0.4) is 0 Å². The van der Waals surface area contributed by atoms with E-state index in [0.717, 1.165) is 10.7 Å². The van der Waals surface area contributed by atoms with Gasteiger partial charge < -0.3 is 0 Å². The van der Waals surface area contributed by atoms with Gasteiger partial charge in [0.2, 0.25) is 0 Å². The van der Waals surface area contributed by atoms with E-state index in [1.165, 1.54) is 11.3 Å². The van der Waals surface area contributed by atoms with Gasteiger partial charge in [-0.2, -0.15) is 0 Å². The van der Waals surface area contributed by atoms with Gasteiger partial charge in [0.25, 0.3) is 0 Å². The molecule has 0 N–H and O–H groups in total. The minimum Gasteiger partial charge on any atom is -0.292 e. The fourth-order valence-electron chi connectivity index (χ4n) is 1.33. The molecule has 0 aliphatic heterocycles. The van der Waals surface area contributed by atoms with Crippen LogP contribution in [0.5, 0.6) is 0 Å². The van der Waals surface area contributed by atoms with Crippen molar-refractivity contribution in [2.75, 3.05) is 0 Å². The fraction of sp³-hybridized carbons (Fsp3) is 0.182. The van der Waals surface area contributed by atoms with Crippen LogP contribution >= 0.6 is 22.9 Å². The molecule has 82 valence electrons. The van der Waals surface area contributed by atoms with E-state index < -0.39 is 0 Å². The third-order valence-corrected chi connectivity index (χ3v) is 3.16. The highest BCUT2D eigenvalue weighted by Gasteiger charge is 2.13. The van der Waals surface area contributed by atoms with E-state index in [2.05, 4.69) is 9.97 Å². The standard InChI is InChI=1S/C11H9ClN2OS/c1-7-14-8(6-16-7)5-10(15)11-9(12)3-2-4-13-11/h2-4,6H,5H2,1H3. The van der Waals surface area contributed by atoms with Crippen LogP contribution in [0.4, 0.5) is 0 Å². The Bertz CT molecular complexity index is 524. The number of pyridine rings is 1. The number of hydrogen-bond acceptors (Lipinski definition) is 4. The Balaban J connectivity index is 2.18. The average molecular weight is 253 g/mol. The Morgan fingerprint density at radius 1 is 1.56 bits per heavy atom. The molecule has 0 saturated carbocycles. The van der Waals surface area contributed by atoms with E-state index >= 15 is 0 Å². The molecule has 0 atom stereocenters. The first-order valence-corrected chi connectivity index (χ1v) is 5.97. The summed E-state index contributed by atoms with van der Waals surface area (Å²) >= 11 is 7.42. The highest BCUT2D eigenvalue weighted by molar-refractivity contribution is 7.09. The van der Waals surface area contributed by atoms with Crippen molar-refractivity contribution in [3.63, 3.8) is 0 Å². The molecule has 0 unspecified atom stereocenters. The van der Waals surface area contributed by atoms with Crippen LogP contribution in [0.15, 0.2) is 23.7 Å². The van der Waals surface area contributed by atoms with Gasteiger partial charge in [0, 0.05) is 11.6 Å². The smallest absolute Gasteiger partial charge is 0.188 e. The van der Waals surface area contributed by atoms with E-state index in [1.54, 1.807) is 18.3 Å². The summed E-state index contributed by atoms with van der Waals surface area (Å²) in [7, 11) is 0. The summed E-state index contributed by atoms with van der Waals surface area (Å²) in [6.07, 6.45) is 1.81. The van der Waals surface area contributed by atoms with Crippen molar-refractivity contribution in [3.8, 4) is 0 Å². The number of Topliss-reactive ketones (excluding diaryl/α,β-unsaturated/α-hetero) is 1. The first-order valence-electron chi connectivity index (χ1n) is 4.71. The fourth-order valence-corrected chi connectivity index (χ4v) is 2.17. The van der Waals surface area contributed by atoms with Crippen LogP contribution < -0.4 is 0 Å². The third-order valence-electron chi connectivity index (χ3n) is 2.03. The van der Waals surface area contributed by atoms with Gasteiger partial charge in [-0.3, -0.25) is 9.78 Å². The SMILES string of the molecule is Cc1nc(CC(=O)c2ncccc2Cl)cs1. The Hall–Kier alpha value is -1.26. The number of aryl methyl sites for hydroxylation is 1.